The van der Waals surface area contributed by atoms with Gasteiger partial charge in [-0.2, -0.15) is 0 Å². The number of aromatic nitrogens is 1. The van der Waals surface area contributed by atoms with Gasteiger partial charge in [0, 0.05) is 50.1 Å². The van der Waals surface area contributed by atoms with E-state index in [0.717, 1.165) is 17.4 Å². The van der Waals surface area contributed by atoms with Crippen molar-refractivity contribution >= 4 is 15.9 Å². The van der Waals surface area contributed by atoms with Crippen LogP contribution in [0.3, 0.4) is 0 Å². The molecular weight excluding hydrogens is 468 g/mol. The van der Waals surface area contributed by atoms with Gasteiger partial charge in [0.15, 0.2) is 9.84 Å². The molecule has 35 heavy (non-hydrogen) atoms. The van der Waals surface area contributed by atoms with E-state index in [9.17, 15) is 18.0 Å². The number of rotatable bonds is 5. The Morgan fingerprint density at radius 1 is 0.971 bits per heavy atom. The van der Waals surface area contributed by atoms with Gasteiger partial charge in [-0.15, -0.1) is 0 Å². The van der Waals surface area contributed by atoms with Crippen molar-refractivity contribution in [3.8, 4) is 17.2 Å². The van der Waals surface area contributed by atoms with Gasteiger partial charge < -0.3 is 14.4 Å². The van der Waals surface area contributed by atoms with Crippen molar-refractivity contribution in [3.63, 3.8) is 0 Å². The molecule has 1 fully saturated rings. The highest BCUT2D eigenvalue weighted by molar-refractivity contribution is 7.90. The molecule has 0 atom stereocenters. The fourth-order valence-electron chi connectivity index (χ4n) is 4.02. The smallest absolute Gasteiger partial charge is 0.415 e. The first kappa shape index (κ1) is 24.5. The van der Waals surface area contributed by atoms with Crippen molar-refractivity contribution in [1.82, 2.24) is 9.47 Å². The van der Waals surface area contributed by atoms with Gasteiger partial charge in [-0.1, -0.05) is 17.7 Å². The van der Waals surface area contributed by atoms with Crippen LogP contribution in [0.1, 0.15) is 24.0 Å². The number of benzene rings is 2. The predicted octanol–water partition coefficient (Wildman–Crippen LogP) is 3.90. The number of sulfone groups is 1. The van der Waals surface area contributed by atoms with Crippen LogP contribution in [-0.2, 0) is 9.84 Å². The molecule has 0 saturated carbocycles. The molecule has 1 aromatic heterocycles. The average Bonchev–Trinajstić information content (AvgIpc) is 2.81. The van der Waals surface area contributed by atoms with Crippen molar-refractivity contribution in [2.75, 3.05) is 19.3 Å². The first-order chi connectivity index (χ1) is 16.6. The Labute approximate surface area is 204 Å². The molecule has 0 spiro atoms. The van der Waals surface area contributed by atoms with Crippen LogP contribution in [0.4, 0.5) is 4.79 Å². The Hall–Kier alpha value is -3.59. The van der Waals surface area contributed by atoms with Gasteiger partial charge in [0.05, 0.1) is 4.90 Å². The molecule has 1 aliphatic heterocycles. The summed E-state index contributed by atoms with van der Waals surface area (Å²) in [6.45, 7) is 4.90. The van der Waals surface area contributed by atoms with Crippen LogP contribution in [-0.4, -0.2) is 49.4 Å². The largest absolute Gasteiger partial charge is 0.490 e. The summed E-state index contributed by atoms with van der Waals surface area (Å²) in [5, 5.41) is 0. The van der Waals surface area contributed by atoms with E-state index in [1.807, 2.05) is 26.0 Å². The number of piperidine rings is 1. The van der Waals surface area contributed by atoms with E-state index in [2.05, 4.69) is 0 Å². The molecular formula is C26H28N2O6S. The Kier molecular flexibility index (Phi) is 6.98. The zero-order valence-corrected chi connectivity index (χ0v) is 20.7. The lowest BCUT2D eigenvalue weighted by Gasteiger charge is -2.31. The molecule has 184 valence electrons. The summed E-state index contributed by atoms with van der Waals surface area (Å²) in [5.74, 6) is 1.01. The Balaban J connectivity index is 1.34. The van der Waals surface area contributed by atoms with E-state index in [-0.39, 0.29) is 22.7 Å². The summed E-state index contributed by atoms with van der Waals surface area (Å²) >= 11 is 0. The molecule has 8 nitrogen and oxygen atoms in total. The van der Waals surface area contributed by atoms with Crippen LogP contribution in [0.25, 0.3) is 5.69 Å². The molecule has 0 radical (unpaired) electrons. The third-order valence-corrected chi connectivity index (χ3v) is 7.09. The van der Waals surface area contributed by atoms with Gasteiger partial charge in [0.1, 0.15) is 17.6 Å². The Morgan fingerprint density at radius 2 is 1.66 bits per heavy atom. The number of hydrogen-bond acceptors (Lipinski definition) is 6. The van der Waals surface area contributed by atoms with Gasteiger partial charge in [-0.3, -0.25) is 9.36 Å². The van der Waals surface area contributed by atoms with Gasteiger partial charge in [-0.25, -0.2) is 13.2 Å². The maximum atomic E-state index is 12.6. The number of nitrogens with zero attached hydrogens (tertiary/aromatic N) is 2. The minimum atomic E-state index is -3.30. The lowest BCUT2D eigenvalue weighted by molar-refractivity contribution is 0.0928. The molecule has 0 unspecified atom stereocenters. The van der Waals surface area contributed by atoms with Crippen LogP contribution in [0, 0.1) is 13.8 Å². The van der Waals surface area contributed by atoms with E-state index in [1.54, 1.807) is 35.4 Å². The third kappa shape index (κ3) is 5.92. The second-order valence-electron chi connectivity index (χ2n) is 8.78. The number of pyridine rings is 1. The lowest BCUT2D eigenvalue weighted by Crippen LogP contribution is -2.43. The summed E-state index contributed by atoms with van der Waals surface area (Å²) in [5.41, 5.74) is 2.30. The van der Waals surface area contributed by atoms with E-state index >= 15 is 0 Å². The molecule has 3 aromatic rings. The van der Waals surface area contributed by atoms with Crippen LogP contribution in [0.2, 0.25) is 0 Å². The third-order valence-electron chi connectivity index (χ3n) is 5.96. The second kappa shape index (κ2) is 9.95. The summed E-state index contributed by atoms with van der Waals surface area (Å²) in [6.07, 6.45) is 3.49. The SMILES string of the molecule is Cc1ccc(OC(=O)N2CCC(Oc3ccn(-c4ccc(S(C)(=O)=O)cc4)c(=O)c3)CC2)c(C)c1. The lowest BCUT2D eigenvalue weighted by atomic mass is 10.1. The molecule has 1 saturated heterocycles. The minimum Gasteiger partial charge on any atom is -0.490 e. The van der Waals surface area contributed by atoms with E-state index in [0.29, 0.717) is 43.1 Å². The summed E-state index contributed by atoms with van der Waals surface area (Å²) in [7, 11) is -3.30. The number of hydrogen-bond donors (Lipinski definition) is 0. The second-order valence-corrected chi connectivity index (χ2v) is 10.8. The molecule has 9 heteroatoms. The predicted molar refractivity (Wildman–Crippen MR) is 132 cm³/mol. The van der Waals surface area contributed by atoms with Gasteiger partial charge in [0.2, 0.25) is 0 Å². The highest BCUT2D eigenvalue weighted by Gasteiger charge is 2.25. The molecule has 0 N–H and O–H groups in total. The topological polar surface area (TPSA) is 94.9 Å². The summed E-state index contributed by atoms with van der Waals surface area (Å²) in [4.78, 5) is 27.0. The number of amides is 1. The number of carbonyl (C=O) groups is 1. The maximum absolute atomic E-state index is 12.6. The van der Waals surface area contributed by atoms with Crippen LogP contribution in [0.5, 0.6) is 11.5 Å². The normalized spacial score (nSPS) is 14.5. The zero-order chi connectivity index (χ0) is 25.2. The van der Waals surface area contributed by atoms with Gasteiger partial charge in [0.25, 0.3) is 5.56 Å². The molecule has 4 rings (SSSR count). The van der Waals surface area contributed by atoms with Crippen molar-refractivity contribution in [3.05, 3.63) is 82.3 Å². The van der Waals surface area contributed by atoms with Gasteiger partial charge in [-0.05, 0) is 55.8 Å². The van der Waals surface area contributed by atoms with Crippen molar-refractivity contribution in [2.24, 2.45) is 0 Å². The zero-order valence-electron chi connectivity index (χ0n) is 19.9. The number of ether oxygens (including phenoxy) is 2. The molecule has 1 amide bonds. The highest BCUT2D eigenvalue weighted by Crippen LogP contribution is 2.22. The highest BCUT2D eigenvalue weighted by atomic mass is 32.2. The van der Waals surface area contributed by atoms with E-state index in [1.165, 1.54) is 22.8 Å². The number of aryl methyl sites for hydroxylation is 2. The fraction of sp³-hybridized carbons (Fsp3) is 0.308. The van der Waals surface area contributed by atoms with Crippen LogP contribution < -0.4 is 15.0 Å². The maximum Gasteiger partial charge on any atom is 0.415 e. The summed E-state index contributed by atoms with van der Waals surface area (Å²) < 4.78 is 36.2. The van der Waals surface area contributed by atoms with Crippen molar-refractivity contribution in [1.29, 1.82) is 0 Å². The van der Waals surface area contributed by atoms with Gasteiger partial charge >= 0.3 is 6.09 Å². The summed E-state index contributed by atoms with van der Waals surface area (Å²) in [6, 6.07) is 14.9. The molecule has 2 aromatic carbocycles. The molecule has 1 aliphatic rings. The van der Waals surface area contributed by atoms with Crippen LogP contribution in [0.15, 0.2) is 70.5 Å². The van der Waals surface area contributed by atoms with Crippen molar-refractivity contribution in [2.45, 2.75) is 37.7 Å². The van der Waals surface area contributed by atoms with E-state index < -0.39 is 9.84 Å². The standard InChI is InChI=1S/C26H28N2O6S/c1-18-4-9-24(19(2)16-18)34-26(30)27-13-10-21(11-14-27)33-22-12-15-28(25(29)17-22)20-5-7-23(8-6-20)35(3,31)32/h4-9,12,15-17,21H,10-11,13-14H2,1-3H3. The number of likely N-dealkylation sites (tertiary alicyclic amines) is 1. The Bertz CT molecular complexity index is 1390. The molecule has 0 bridgehead atoms. The Morgan fingerprint density at radius 3 is 2.26 bits per heavy atom. The monoisotopic (exact) mass is 496 g/mol. The first-order valence-electron chi connectivity index (χ1n) is 11.3. The molecule has 2 heterocycles. The minimum absolute atomic E-state index is 0.121. The van der Waals surface area contributed by atoms with E-state index in [4.69, 9.17) is 9.47 Å². The molecule has 0 aliphatic carbocycles. The quantitative estimate of drug-likeness (QED) is 0.532. The van der Waals surface area contributed by atoms with Crippen LogP contribution >= 0.6 is 0 Å². The number of carbonyl (C=O) groups excluding carboxylic acids is 1. The average molecular weight is 497 g/mol. The fourth-order valence-corrected chi connectivity index (χ4v) is 4.65. The van der Waals surface area contributed by atoms with Crippen molar-refractivity contribution < 1.29 is 22.7 Å². The first-order valence-corrected chi connectivity index (χ1v) is 13.2.